The molecule has 90 valence electrons. The van der Waals surface area contributed by atoms with Crippen molar-refractivity contribution in [3.8, 4) is 11.5 Å². The highest BCUT2D eigenvalue weighted by Gasteiger charge is 2.38. The molecular formula is C13H22O2Si. The Hall–Kier alpha value is -0.963. The number of hydrogen-bond donors (Lipinski definition) is 1. The molecule has 0 saturated carbocycles. The first-order valence-corrected chi connectivity index (χ1v) is 8.52. The van der Waals surface area contributed by atoms with Gasteiger partial charge in [0.1, 0.15) is 11.5 Å². The first-order valence-electron chi connectivity index (χ1n) is 5.61. The van der Waals surface area contributed by atoms with Crippen LogP contribution < -0.4 is 4.43 Å². The monoisotopic (exact) mass is 238 g/mol. The van der Waals surface area contributed by atoms with Crippen molar-refractivity contribution in [3.05, 3.63) is 23.8 Å². The van der Waals surface area contributed by atoms with Gasteiger partial charge in [-0.3, -0.25) is 0 Å². The molecule has 1 aromatic carbocycles. The first kappa shape index (κ1) is 13.1. The maximum Gasteiger partial charge on any atom is 0.250 e. The zero-order valence-corrected chi connectivity index (χ0v) is 12.1. The molecule has 0 bridgehead atoms. The minimum Gasteiger partial charge on any atom is -0.543 e. The largest absolute Gasteiger partial charge is 0.543 e. The van der Waals surface area contributed by atoms with E-state index in [1.165, 1.54) is 0 Å². The zero-order chi connectivity index (χ0) is 12.6. The normalized spacial score (nSPS) is 12.6. The van der Waals surface area contributed by atoms with E-state index in [1.807, 2.05) is 13.0 Å². The molecule has 0 spiro atoms. The van der Waals surface area contributed by atoms with Crippen LogP contribution in [0.1, 0.15) is 26.3 Å². The molecule has 0 aliphatic carbocycles. The van der Waals surface area contributed by atoms with Crippen LogP contribution in [-0.2, 0) is 0 Å². The third-order valence-electron chi connectivity index (χ3n) is 3.21. The van der Waals surface area contributed by atoms with Crippen molar-refractivity contribution < 1.29 is 9.53 Å². The van der Waals surface area contributed by atoms with Gasteiger partial charge in [0.05, 0.1) is 0 Å². The Morgan fingerprint density at radius 3 is 2.12 bits per heavy atom. The second kappa shape index (κ2) is 4.13. The van der Waals surface area contributed by atoms with Gasteiger partial charge >= 0.3 is 0 Å². The summed E-state index contributed by atoms with van der Waals surface area (Å²) in [5, 5.41) is 9.70. The van der Waals surface area contributed by atoms with Gasteiger partial charge in [-0.25, -0.2) is 0 Å². The van der Waals surface area contributed by atoms with Gasteiger partial charge in [-0.15, -0.1) is 0 Å². The summed E-state index contributed by atoms with van der Waals surface area (Å²) in [7, 11) is -1.80. The first-order chi connectivity index (χ1) is 7.12. The predicted molar refractivity (Wildman–Crippen MR) is 70.7 cm³/mol. The summed E-state index contributed by atoms with van der Waals surface area (Å²) in [6, 6.07) is 5.40. The van der Waals surface area contributed by atoms with Crippen LogP contribution in [0.2, 0.25) is 18.1 Å². The Balaban J connectivity index is 2.96. The van der Waals surface area contributed by atoms with Gasteiger partial charge in [-0.1, -0.05) is 20.8 Å². The minimum atomic E-state index is -1.80. The number of phenolic OH excluding ortho intramolecular Hbond substituents is 1. The van der Waals surface area contributed by atoms with Crippen molar-refractivity contribution in [2.75, 3.05) is 0 Å². The van der Waals surface area contributed by atoms with Gasteiger partial charge in [-0.2, -0.15) is 0 Å². The Morgan fingerprint density at radius 2 is 1.69 bits per heavy atom. The van der Waals surface area contributed by atoms with Gasteiger partial charge in [0.2, 0.25) is 8.32 Å². The Bertz CT molecular complexity index is 358. The number of benzene rings is 1. The lowest BCUT2D eigenvalue weighted by atomic mass is 10.2. The summed E-state index contributed by atoms with van der Waals surface area (Å²) in [4.78, 5) is 0. The topological polar surface area (TPSA) is 29.5 Å². The van der Waals surface area contributed by atoms with Gasteiger partial charge in [0.15, 0.2) is 0 Å². The van der Waals surface area contributed by atoms with Crippen molar-refractivity contribution in [1.82, 2.24) is 0 Å². The average Bonchev–Trinajstić information content (AvgIpc) is 1.97. The Morgan fingerprint density at radius 1 is 1.12 bits per heavy atom. The van der Waals surface area contributed by atoms with Crippen LogP contribution in [-0.4, -0.2) is 13.4 Å². The van der Waals surface area contributed by atoms with Crippen molar-refractivity contribution >= 4 is 8.32 Å². The summed E-state index contributed by atoms with van der Waals surface area (Å²) in [5.74, 6) is 1.05. The molecular weight excluding hydrogens is 216 g/mol. The molecule has 0 unspecified atom stereocenters. The lowest BCUT2D eigenvalue weighted by molar-refractivity contribution is 0.460. The lowest BCUT2D eigenvalue weighted by Crippen LogP contribution is -2.43. The summed E-state index contributed by atoms with van der Waals surface area (Å²) in [6.45, 7) is 13.0. The molecule has 0 saturated heterocycles. The molecule has 0 atom stereocenters. The highest BCUT2D eigenvalue weighted by atomic mass is 28.4. The molecule has 0 aromatic heterocycles. The molecule has 0 aliphatic rings. The van der Waals surface area contributed by atoms with Crippen LogP contribution in [0, 0.1) is 6.92 Å². The molecule has 1 rings (SSSR count). The number of aryl methyl sites for hydroxylation is 1. The molecule has 0 radical (unpaired) electrons. The van der Waals surface area contributed by atoms with Gasteiger partial charge in [-0.05, 0) is 42.8 Å². The molecule has 2 nitrogen and oxygen atoms in total. The standard InChI is InChI=1S/C13H22O2Si/c1-10-7-11(14)9-12(8-10)15-16(5,6)13(2,3)4/h7-9,14H,1-6H3. The molecule has 16 heavy (non-hydrogen) atoms. The summed E-state index contributed by atoms with van der Waals surface area (Å²) in [5.41, 5.74) is 1.02. The van der Waals surface area contributed by atoms with Gasteiger partial charge < -0.3 is 9.53 Å². The molecule has 1 aromatic rings. The molecule has 3 heteroatoms. The molecule has 0 fully saturated rings. The lowest BCUT2D eigenvalue weighted by Gasteiger charge is -2.36. The Kier molecular flexibility index (Phi) is 3.38. The van der Waals surface area contributed by atoms with E-state index in [1.54, 1.807) is 12.1 Å². The fourth-order valence-electron chi connectivity index (χ4n) is 1.24. The average molecular weight is 238 g/mol. The zero-order valence-electron chi connectivity index (χ0n) is 11.1. The molecule has 0 aliphatic heterocycles. The van der Waals surface area contributed by atoms with Crippen LogP contribution in [0.5, 0.6) is 11.5 Å². The third-order valence-corrected chi connectivity index (χ3v) is 7.57. The van der Waals surface area contributed by atoms with E-state index in [0.29, 0.717) is 0 Å². The van der Waals surface area contributed by atoms with E-state index in [9.17, 15) is 5.11 Å². The SMILES string of the molecule is Cc1cc(O)cc(O[Si](C)(C)C(C)(C)C)c1. The van der Waals surface area contributed by atoms with E-state index in [4.69, 9.17) is 4.43 Å². The fraction of sp³-hybridized carbons (Fsp3) is 0.538. The number of hydrogen-bond acceptors (Lipinski definition) is 2. The summed E-state index contributed by atoms with van der Waals surface area (Å²) < 4.78 is 6.11. The van der Waals surface area contributed by atoms with E-state index >= 15 is 0 Å². The van der Waals surface area contributed by atoms with Crippen LogP contribution in [0.15, 0.2) is 18.2 Å². The predicted octanol–water partition coefficient (Wildman–Crippen LogP) is 4.08. The van der Waals surface area contributed by atoms with E-state index in [0.717, 1.165) is 11.3 Å². The second-order valence-corrected chi connectivity index (χ2v) is 10.6. The van der Waals surface area contributed by atoms with E-state index < -0.39 is 8.32 Å². The highest BCUT2D eigenvalue weighted by molar-refractivity contribution is 6.74. The van der Waals surface area contributed by atoms with Gasteiger partial charge in [0.25, 0.3) is 0 Å². The Labute approximate surface area is 99.4 Å². The molecule has 1 N–H and O–H groups in total. The van der Waals surface area contributed by atoms with E-state index in [-0.39, 0.29) is 10.8 Å². The number of phenols is 1. The third kappa shape index (κ3) is 3.01. The van der Waals surface area contributed by atoms with Crippen LogP contribution in [0.3, 0.4) is 0 Å². The van der Waals surface area contributed by atoms with Gasteiger partial charge in [0, 0.05) is 6.07 Å². The van der Waals surface area contributed by atoms with Crippen molar-refractivity contribution in [3.63, 3.8) is 0 Å². The smallest absolute Gasteiger partial charge is 0.250 e. The van der Waals surface area contributed by atoms with Crippen molar-refractivity contribution in [2.45, 2.75) is 45.8 Å². The number of rotatable bonds is 2. The van der Waals surface area contributed by atoms with Crippen LogP contribution in [0.4, 0.5) is 0 Å². The summed E-state index contributed by atoms with van der Waals surface area (Å²) >= 11 is 0. The van der Waals surface area contributed by atoms with Crippen molar-refractivity contribution in [2.24, 2.45) is 0 Å². The van der Waals surface area contributed by atoms with Crippen molar-refractivity contribution in [1.29, 1.82) is 0 Å². The quantitative estimate of drug-likeness (QED) is 0.787. The maximum atomic E-state index is 9.53. The highest BCUT2D eigenvalue weighted by Crippen LogP contribution is 2.38. The second-order valence-electron chi connectivity index (χ2n) is 5.87. The summed E-state index contributed by atoms with van der Waals surface area (Å²) in [6.07, 6.45) is 0. The maximum absolute atomic E-state index is 9.53. The number of aromatic hydroxyl groups is 1. The fourth-order valence-corrected chi connectivity index (χ4v) is 2.25. The van der Waals surface area contributed by atoms with Crippen LogP contribution >= 0.6 is 0 Å². The van der Waals surface area contributed by atoms with E-state index in [2.05, 4.69) is 33.9 Å². The molecule has 0 heterocycles. The molecule has 0 amide bonds. The van der Waals surface area contributed by atoms with Crippen LogP contribution in [0.25, 0.3) is 0 Å². The minimum absolute atomic E-state index is 0.173.